The van der Waals surface area contributed by atoms with Gasteiger partial charge in [0.1, 0.15) is 0 Å². The van der Waals surface area contributed by atoms with Crippen LogP contribution in [0.5, 0.6) is 0 Å². The molecule has 0 aliphatic heterocycles. The molecule has 17 heavy (non-hydrogen) atoms. The average Bonchev–Trinajstić information content (AvgIpc) is 2.35. The number of anilines is 2. The maximum absolute atomic E-state index is 11.3. The van der Waals surface area contributed by atoms with Gasteiger partial charge < -0.3 is 16.0 Å². The van der Waals surface area contributed by atoms with E-state index in [0.717, 1.165) is 5.69 Å². The lowest BCUT2D eigenvalue weighted by Crippen LogP contribution is -2.35. The van der Waals surface area contributed by atoms with E-state index < -0.39 is 0 Å². The molecule has 0 bridgehead atoms. The van der Waals surface area contributed by atoms with Crippen LogP contribution in [0, 0.1) is 11.3 Å². The van der Waals surface area contributed by atoms with E-state index in [1.54, 1.807) is 25.2 Å². The number of benzene rings is 1. The highest BCUT2D eigenvalue weighted by molar-refractivity contribution is 5.83. The maximum atomic E-state index is 11.3. The summed E-state index contributed by atoms with van der Waals surface area (Å²) in [4.78, 5) is 13.2. The number of rotatable bonds is 4. The first-order chi connectivity index (χ1) is 8.12. The van der Waals surface area contributed by atoms with Gasteiger partial charge in [0.05, 0.1) is 29.6 Å². The Morgan fingerprint density at radius 2 is 2.29 bits per heavy atom. The van der Waals surface area contributed by atoms with Crippen LogP contribution in [-0.2, 0) is 4.79 Å². The molecule has 5 heteroatoms. The van der Waals surface area contributed by atoms with Gasteiger partial charge in [0, 0.05) is 13.6 Å². The van der Waals surface area contributed by atoms with Gasteiger partial charge >= 0.3 is 0 Å². The largest absolute Gasteiger partial charge is 0.397 e. The third kappa shape index (κ3) is 3.11. The lowest BCUT2D eigenvalue weighted by molar-refractivity contribution is -0.119. The number of hydrogen-bond acceptors (Lipinski definition) is 4. The molecule has 0 fully saturated rings. The van der Waals surface area contributed by atoms with Crippen molar-refractivity contribution in [1.29, 1.82) is 5.26 Å². The third-order valence-corrected chi connectivity index (χ3v) is 2.49. The monoisotopic (exact) mass is 232 g/mol. The van der Waals surface area contributed by atoms with Crippen LogP contribution >= 0.6 is 0 Å². The van der Waals surface area contributed by atoms with Crippen LogP contribution in [0.3, 0.4) is 0 Å². The minimum absolute atomic E-state index is 0.0735. The van der Waals surface area contributed by atoms with Crippen LogP contribution in [0.25, 0.3) is 0 Å². The summed E-state index contributed by atoms with van der Waals surface area (Å²) in [6.07, 6.45) is 0. The molecule has 0 aromatic heterocycles. The summed E-state index contributed by atoms with van der Waals surface area (Å²) in [6, 6.07) is 7.10. The van der Waals surface area contributed by atoms with E-state index in [-0.39, 0.29) is 12.5 Å². The van der Waals surface area contributed by atoms with E-state index in [2.05, 4.69) is 5.32 Å². The molecule has 0 saturated heterocycles. The quantitative estimate of drug-likeness (QED) is 0.749. The normalized spacial score (nSPS) is 9.47. The van der Waals surface area contributed by atoms with Gasteiger partial charge in [-0.2, -0.15) is 5.26 Å². The molecule has 1 rings (SSSR count). The fraction of sp³-hybridized carbons (Fsp3) is 0.333. The van der Waals surface area contributed by atoms with Crippen molar-refractivity contribution < 1.29 is 4.79 Å². The summed E-state index contributed by atoms with van der Waals surface area (Å²) in [6.45, 7) is 2.87. The van der Waals surface area contributed by atoms with E-state index in [1.807, 2.05) is 17.9 Å². The van der Waals surface area contributed by atoms with Crippen molar-refractivity contribution in [2.24, 2.45) is 0 Å². The van der Waals surface area contributed by atoms with E-state index in [0.29, 0.717) is 17.8 Å². The van der Waals surface area contributed by atoms with Crippen LogP contribution in [0.2, 0.25) is 0 Å². The van der Waals surface area contributed by atoms with Gasteiger partial charge in [0.15, 0.2) is 0 Å². The summed E-state index contributed by atoms with van der Waals surface area (Å²) in [5.74, 6) is -0.0735. The number of hydrogen-bond donors (Lipinski definition) is 2. The van der Waals surface area contributed by atoms with Crippen molar-refractivity contribution >= 4 is 17.3 Å². The molecule has 0 atom stereocenters. The number of amides is 1. The van der Waals surface area contributed by atoms with Crippen molar-refractivity contribution in [3.05, 3.63) is 23.8 Å². The second kappa shape index (κ2) is 5.75. The Balaban J connectivity index is 2.97. The Kier molecular flexibility index (Phi) is 4.35. The average molecular weight is 232 g/mol. The molecule has 0 saturated carbocycles. The Labute approximate surface area is 101 Å². The Hall–Kier alpha value is -2.22. The highest BCUT2D eigenvalue weighted by Crippen LogP contribution is 2.23. The summed E-state index contributed by atoms with van der Waals surface area (Å²) >= 11 is 0. The summed E-state index contributed by atoms with van der Waals surface area (Å²) in [7, 11) is 1.60. The molecule has 1 aromatic carbocycles. The lowest BCUT2D eigenvalue weighted by atomic mass is 10.1. The van der Waals surface area contributed by atoms with Crippen molar-refractivity contribution in [2.75, 3.05) is 30.8 Å². The lowest BCUT2D eigenvalue weighted by Gasteiger charge is -2.23. The number of nitrogens with one attached hydrogen (secondary N) is 1. The van der Waals surface area contributed by atoms with Gasteiger partial charge in [0.25, 0.3) is 0 Å². The van der Waals surface area contributed by atoms with Gasteiger partial charge in [-0.1, -0.05) is 0 Å². The highest BCUT2D eigenvalue weighted by Gasteiger charge is 2.11. The Bertz CT molecular complexity index is 450. The maximum Gasteiger partial charge on any atom is 0.239 e. The van der Waals surface area contributed by atoms with E-state index >= 15 is 0 Å². The molecule has 0 aliphatic rings. The summed E-state index contributed by atoms with van der Waals surface area (Å²) in [5.41, 5.74) is 7.66. The fourth-order valence-corrected chi connectivity index (χ4v) is 1.53. The van der Waals surface area contributed by atoms with Gasteiger partial charge in [0.2, 0.25) is 5.91 Å². The van der Waals surface area contributed by atoms with E-state index in [4.69, 9.17) is 11.0 Å². The summed E-state index contributed by atoms with van der Waals surface area (Å²) in [5, 5.41) is 11.3. The van der Waals surface area contributed by atoms with E-state index in [9.17, 15) is 4.79 Å². The molecule has 0 heterocycles. The predicted molar refractivity (Wildman–Crippen MR) is 67.5 cm³/mol. The number of likely N-dealkylation sites (N-methyl/N-ethyl adjacent to an activating group) is 2. The van der Waals surface area contributed by atoms with Crippen LogP contribution in [0.1, 0.15) is 12.5 Å². The fourth-order valence-electron chi connectivity index (χ4n) is 1.53. The van der Waals surface area contributed by atoms with Crippen LogP contribution in [0.4, 0.5) is 11.4 Å². The molecule has 0 radical (unpaired) electrons. The Morgan fingerprint density at radius 3 is 2.76 bits per heavy atom. The van der Waals surface area contributed by atoms with Crippen molar-refractivity contribution in [3.8, 4) is 6.07 Å². The smallest absolute Gasteiger partial charge is 0.239 e. The molecule has 5 nitrogen and oxygen atoms in total. The number of carbonyl (C=O) groups is 1. The first kappa shape index (κ1) is 12.8. The molecule has 3 N–H and O–H groups in total. The standard InChI is InChI=1S/C12H16N4O/c1-3-16(8-12(17)15-2)11-5-4-9(7-13)6-10(11)14/h4-6H,3,8,14H2,1-2H3,(H,15,17). The molecular formula is C12H16N4O. The molecule has 1 aromatic rings. The zero-order valence-corrected chi connectivity index (χ0v) is 10.0. The SMILES string of the molecule is CCN(CC(=O)NC)c1ccc(C#N)cc1N. The van der Waals surface area contributed by atoms with Crippen LogP contribution in [0.15, 0.2) is 18.2 Å². The summed E-state index contributed by atoms with van der Waals surface area (Å²) < 4.78 is 0. The molecule has 0 aliphatic carbocycles. The van der Waals surface area contributed by atoms with Crippen molar-refractivity contribution in [3.63, 3.8) is 0 Å². The second-order valence-corrected chi connectivity index (χ2v) is 3.57. The minimum atomic E-state index is -0.0735. The number of nitrogens with zero attached hydrogens (tertiary/aromatic N) is 2. The van der Waals surface area contributed by atoms with Gasteiger partial charge in [-0.05, 0) is 25.1 Å². The van der Waals surface area contributed by atoms with Crippen molar-refractivity contribution in [2.45, 2.75) is 6.92 Å². The van der Waals surface area contributed by atoms with Crippen molar-refractivity contribution in [1.82, 2.24) is 5.32 Å². The number of nitriles is 1. The van der Waals surface area contributed by atoms with Gasteiger partial charge in [-0.3, -0.25) is 4.79 Å². The van der Waals surface area contributed by atoms with Gasteiger partial charge in [-0.25, -0.2) is 0 Å². The molecule has 90 valence electrons. The highest BCUT2D eigenvalue weighted by atomic mass is 16.1. The second-order valence-electron chi connectivity index (χ2n) is 3.57. The minimum Gasteiger partial charge on any atom is -0.397 e. The molecule has 1 amide bonds. The van der Waals surface area contributed by atoms with E-state index in [1.165, 1.54) is 0 Å². The zero-order valence-electron chi connectivity index (χ0n) is 10.0. The first-order valence-electron chi connectivity index (χ1n) is 5.37. The zero-order chi connectivity index (χ0) is 12.8. The number of nitrogen functional groups attached to an aromatic ring is 1. The van der Waals surface area contributed by atoms with Gasteiger partial charge in [-0.15, -0.1) is 0 Å². The Morgan fingerprint density at radius 1 is 1.59 bits per heavy atom. The topological polar surface area (TPSA) is 82.2 Å². The first-order valence-corrected chi connectivity index (χ1v) is 5.37. The predicted octanol–water partition coefficient (Wildman–Crippen LogP) is 0.713. The molecular weight excluding hydrogens is 216 g/mol. The van der Waals surface area contributed by atoms with Crippen LogP contribution < -0.4 is 16.0 Å². The molecule has 0 spiro atoms. The van der Waals surface area contributed by atoms with Crippen LogP contribution in [-0.4, -0.2) is 26.0 Å². The molecule has 0 unspecified atom stereocenters. The number of nitrogens with two attached hydrogens (primary N) is 1. The number of carbonyl (C=O) groups excluding carboxylic acids is 1. The third-order valence-electron chi connectivity index (χ3n) is 2.49.